The van der Waals surface area contributed by atoms with Gasteiger partial charge in [0.15, 0.2) is 17.6 Å². The maximum Gasteiger partial charge on any atom is 0.333 e. The first-order valence-electron chi connectivity index (χ1n) is 5.16. The average Bonchev–Trinajstić information content (AvgIpc) is 2.37. The SMILES string of the molecule is COC(=O)C(N)(C=O)CC(=O)c1ccccc1N. The van der Waals surface area contributed by atoms with Crippen molar-refractivity contribution in [3.63, 3.8) is 0 Å². The number of nitrogen functional groups attached to an aromatic ring is 1. The van der Waals surface area contributed by atoms with Crippen molar-refractivity contribution in [2.45, 2.75) is 12.0 Å². The van der Waals surface area contributed by atoms with Crippen LogP contribution in [0.4, 0.5) is 5.69 Å². The number of ketones is 1. The zero-order valence-corrected chi connectivity index (χ0v) is 9.88. The molecule has 1 atom stereocenters. The van der Waals surface area contributed by atoms with Crippen molar-refractivity contribution in [2.24, 2.45) is 5.73 Å². The molecule has 1 aromatic carbocycles. The monoisotopic (exact) mass is 250 g/mol. The number of para-hydroxylation sites is 1. The highest BCUT2D eigenvalue weighted by Crippen LogP contribution is 2.17. The van der Waals surface area contributed by atoms with Gasteiger partial charge in [-0.3, -0.25) is 4.79 Å². The summed E-state index contributed by atoms with van der Waals surface area (Å²) in [6, 6.07) is 6.34. The molecule has 4 N–H and O–H groups in total. The van der Waals surface area contributed by atoms with Gasteiger partial charge < -0.3 is 21.0 Å². The Morgan fingerprint density at radius 3 is 2.50 bits per heavy atom. The first-order chi connectivity index (χ1) is 8.44. The van der Waals surface area contributed by atoms with E-state index in [0.29, 0.717) is 0 Å². The number of hydrogen-bond acceptors (Lipinski definition) is 6. The van der Waals surface area contributed by atoms with Crippen molar-refractivity contribution in [3.05, 3.63) is 29.8 Å². The molecule has 1 aromatic rings. The summed E-state index contributed by atoms with van der Waals surface area (Å²) in [5.41, 5.74) is 9.67. The summed E-state index contributed by atoms with van der Waals surface area (Å²) in [4.78, 5) is 34.2. The van der Waals surface area contributed by atoms with Crippen LogP contribution >= 0.6 is 0 Å². The molecule has 0 heterocycles. The maximum absolute atomic E-state index is 11.9. The number of anilines is 1. The van der Waals surface area contributed by atoms with Gasteiger partial charge >= 0.3 is 5.97 Å². The molecule has 0 radical (unpaired) electrons. The quantitative estimate of drug-likeness (QED) is 0.248. The summed E-state index contributed by atoms with van der Waals surface area (Å²) in [6.07, 6.45) is -0.284. The Bertz CT molecular complexity index is 487. The molecule has 6 heteroatoms. The van der Waals surface area contributed by atoms with Crippen LogP contribution in [0.2, 0.25) is 0 Å². The minimum Gasteiger partial charge on any atom is -0.467 e. The van der Waals surface area contributed by atoms with Gasteiger partial charge in [-0.15, -0.1) is 0 Å². The number of aldehydes is 1. The molecular formula is C12H14N2O4. The number of carbonyl (C=O) groups is 3. The van der Waals surface area contributed by atoms with E-state index in [4.69, 9.17) is 11.5 Å². The predicted octanol–water partition coefficient (Wildman–Crippen LogP) is -0.0890. The zero-order valence-electron chi connectivity index (χ0n) is 9.88. The third-order valence-corrected chi connectivity index (χ3v) is 2.49. The Kier molecular flexibility index (Phi) is 4.17. The molecule has 0 aliphatic rings. The molecule has 0 aromatic heterocycles. The Morgan fingerprint density at radius 1 is 1.39 bits per heavy atom. The van der Waals surface area contributed by atoms with Crippen LogP contribution in [0.3, 0.4) is 0 Å². The second-order valence-electron chi connectivity index (χ2n) is 3.84. The second kappa shape index (κ2) is 5.42. The van der Waals surface area contributed by atoms with Crippen molar-refractivity contribution in [2.75, 3.05) is 12.8 Å². The molecule has 0 fully saturated rings. The number of Topliss-reactive ketones (excluding diaryl/α,β-unsaturated/α-hetero) is 1. The van der Waals surface area contributed by atoms with E-state index in [-0.39, 0.29) is 17.5 Å². The molecule has 1 unspecified atom stereocenters. The highest BCUT2D eigenvalue weighted by atomic mass is 16.5. The van der Waals surface area contributed by atoms with Crippen LogP contribution in [0.25, 0.3) is 0 Å². The summed E-state index contributed by atoms with van der Waals surface area (Å²) < 4.78 is 4.39. The molecule has 96 valence electrons. The van der Waals surface area contributed by atoms with Gasteiger partial charge in [0, 0.05) is 17.7 Å². The molecule has 6 nitrogen and oxygen atoms in total. The van der Waals surface area contributed by atoms with Crippen molar-refractivity contribution in [1.29, 1.82) is 0 Å². The first-order valence-corrected chi connectivity index (χ1v) is 5.16. The predicted molar refractivity (Wildman–Crippen MR) is 64.8 cm³/mol. The Balaban J connectivity index is 2.97. The molecule has 0 spiro atoms. The fraction of sp³-hybridized carbons (Fsp3) is 0.250. The highest BCUT2D eigenvalue weighted by Gasteiger charge is 2.38. The first kappa shape index (κ1) is 13.9. The van der Waals surface area contributed by atoms with E-state index in [9.17, 15) is 14.4 Å². The number of carbonyl (C=O) groups excluding carboxylic acids is 3. The maximum atomic E-state index is 11.9. The third-order valence-electron chi connectivity index (χ3n) is 2.49. The van der Waals surface area contributed by atoms with Crippen molar-refractivity contribution < 1.29 is 19.1 Å². The van der Waals surface area contributed by atoms with Crippen molar-refractivity contribution >= 4 is 23.7 Å². The highest BCUT2D eigenvalue weighted by molar-refractivity contribution is 6.08. The third kappa shape index (κ3) is 2.72. The van der Waals surface area contributed by atoms with E-state index in [1.807, 2.05) is 0 Å². The molecule has 0 bridgehead atoms. The lowest BCUT2D eigenvalue weighted by Gasteiger charge is -2.19. The van der Waals surface area contributed by atoms with E-state index < -0.39 is 23.7 Å². The lowest BCUT2D eigenvalue weighted by atomic mass is 9.92. The van der Waals surface area contributed by atoms with Crippen molar-refractivity contribution in [1.82, 2.24) is 0 Å². The van der Waals surface area contributed by atoms with E-state index in [1.165, 1.54) is 6.07 Å². The lowest BCUT2D eigenvalue weighted by molar-refractivity contribution is -0.148. The second-order valence-corrected chi connectivity index (χ2v) is 3.84. The standard InChI is InChI=1S/C12H14N2O4/c1-18-11(17)12(14,7-15)6-10(16)8-4-2-3-5-9(8)13/h2-5,7H,6,13-14H2,1H3. The molecule has 0 saturated heterocycles. The normalized spacial score (nSPS) is 13.4. The van der Waals surface area contributed by atoms with Gasteiger partial charge in [0.25, 0.3) is 0 Å². The molecule has 0 amide bonds. The molecule has 0 aliphatic carbocycles. The van der Waals surface area contributed by atoms with Gasteiger partial charge in [0.1, 0.15) is 0 Å². The van der Waals surface area contributed by atoms with Crippen LogP contribution < -0.4 is 11.5 Å². The Hall–Kier alpha value is -2.21. The van der Waals surface area contributed by atoms with Crippen LogP contribution in [0.1, 0.15) is 16.8 Å². The van der Waals surface area contributed by atoms with Gasteiger partial charge in [0.2, 0.25) is 0 Å². The number of methoxy groups -OCH3 is 1. The largest absolute Gasteiger partial charge is 0.467 e. The van der Waals surface area contributed by atoms with Crippen molar-refractivity contribution in [3.8, 4) is 0 Å². The molecule has 0 aliphatic heterocycles. The van der Waals surface area contributed by atoms with Gasteiger partial charge in [0.05, 0.1) is 7.11 Å². The van der Waals surface area contributed by atoms with Gasteiger partial charge in [-0.25, -0.2) is 4.79 Å². The summed E-state index contributed by atoms with van der Waals surface area (Å²) in [5, 5.41) is 0. The van der Waals surface area contributed by atoms with Crippen LogP contribution in [-0.2, 0) is 14.3 Å². The zero-order chi connectivity index (χ0) is 13.8. The minimum absolute atomic E-state index is 0.204. The minimum atomic E-state index is -1.98. The molecule has 18 heavy (non-hydrogen) atoms. The lowest BCUT2D eigenvalue weighted by Crippen LogP contribution is -2.51. The van der Waals surface area contributed by atoms with E-state index in [1.54, 1.807) is 18.2 Å². The Morgan fingerprint density at radius 2 is 2.00 bits per heavy atom. The smallest absolute Gasteiger partial charge is 0.333 e. The number of rotatable bonds is 5. The fourth-order valence-electron chi connectivity index (χ4n) is 1.46. The summed E-state index contributed by atoms with van der Waals surface area (Å²) in [7, 11) is 1.09. The van der Waals surface area contributed by atoms with Gasteiger partial charge in [-0.2, -0.15) is 0 Å². The van der Waals surface area contributed by atoms with Crippen LogP contribution in [0.15, 0.2) is 24.3 Å². The number of benzene rings is 1. The van der Waals surface area contributed by atoms with E-state index >= 15 is 0 Å². The summed E-state index contributed by atoms with van der Waals surface area (Å²) >= 11 is 0. The summed E-state index contributed by atoms with van der Waals surface area (Å²) in [5.74, 6) is -1.45. The van der Waals surface area contributed by atoms with E-state index in [0.717, 1.165) is 7.11 Å². The van der Waals surface area contributed by atoms with Gasteiger partial charge in [-0.1, -0.05) is 12.1 Å². The van der Waals surface area contributed by atoms with Crippen LogP contribution in [-0.4, -0.2) is 30.7 Å². The molecular weight excluding hydrogens is 236 g/mol. The molecule has 1 rings (SSSR count). The van der Waals surface area contributed by atoms with Crippen LogP contribution in [0.5, 0.6) is 0 Å². The van der Waals surface area contributed by atoms with Crippen LogP contribution in [0, 0.1) is 0 Å². The van der Waals surface area contributed by atoms with E-state index in [2.05, 4.69) is 4.74 Å². The van der Waals surface area contributed by atoms with Gasteiger partial charge in [-0.05, 0) is 12.1 Å². The number of nitrogens with two attached hydrogens (primary N) is 2. The summed E-state index contributed by atoms with van der Waals surface area (Å²) in [6.45, 7) is 0. The number of ether oxygens (including phenoxy) is 1. The average molecular weight is 250 g/mol. The molecule has 0 saturated carbocycles. The number of hydrogen-bond donors (Lipinski definition) is 2. The topological polar surface area (TPSA) is 112 Å². The Labute approximate surface area is 104 Å². The fourth-order valence-corrected chi connectivity index (χ4v) is 1.46. The number of esters is 1.